The van der Waals surface area contributed by atoms with Crippen LogP contribution in [-0.2, 0) is 10.0 Å². The summed E-state index contributed by atoms with van der Waals surface area (Å²) in [5, 5.41) is 13.8. The Balaban J connectivity index is 3.10. The fourth-order valence-corrected chi connectivity index (χ4v) is 3.37. The Morgan fingerprint density at radius 3 is 2.57 bits per heavy atom. The van der Waals surface area contributed by atoms with Gasteiger partial charge in [-0.1, -0.05) is 19.8 Å². The molecule has 0 amide bonds. The molecule has 7 nitrogen and oxygen atoms in total. The number of nitrogens with zero attached hydrogens (tertiary/aromatic N) is 1. The lowest BCUT2D eigenvalue weighted by molar-refractivity contribution is -0.387. The Morgan fingerprint density at radius 2 is 2.05 bits per heavy atom. The second-order valence-electron chi connectivity index (χ2n) is 4.85. The molecule has 1 aromatic rings. The van der Waals surface area contributed by atoms with E-state index in [9.17, 15) is 18.5 Å². The SMILES string of the molecule is CCCCC(C)NS(=O)(=O)c1ccc(NC)cc1[N+](=O)[O-]. The molecule has 0 bridgehead atoms. The Hall–Kier alpha value is -1.67. The van der Waals surface area contributed by atoms with Crippen molar-refractivity contribution >= 4 is 21.4 Å². The van der Waals surface area contributed by atoms with Crippen LogP contribution in [0.1, 0.15) is 33.1 Å². The molecule has 8 heteroatoms. The van der Waals surface area contributed by atoms with Crippen LogP contribution >= 0.6 is 0 Å². The highest BCUT2D eigenvalue weighted by molar-refractivity contribution is 7.89. The van der Waals surface area contributed by atoms with Gasteiger partial charge in [-0.05, 0) is 25.5 Å². The van der Waals surface area contributed by atoms with Gasteiger partial charge in [-0.2, -0.15) is 0 Å². The van der Waals surface area contributed by atoms with E-state index in [-0.39, 0.29) is 10.9 Å². The maximum atomic E-state index is 12.3. The van der Waals surface area contributed by atoms with Gasteiger partial charge in [-0.15, -0.1) is 0 Å². The molecule has 0 radical (unpaired) electrons. The van der Waals surface area contributed by atoms with Crippen molar-refractivity contribution < 1.29 is 13.3 Å². The van der Waals surface area contributed by atoms with E-state index >= 15 is 0 Å². The van der Waals surface area contributed by atoms with Gasteiger partial charge in [0.15, 0.2) is 4.90 Å². The van der Waals surface area contributed by atoms with Crippen molar-refractivity contribution in [2.24, 2.45) is 0 Å². The third-order valence-corrected chi connectivity index (χ3v) is 4.72. The Bertz CT molecular complexity index is 601. The smallest absolute Gasteiger partial charge is 0.291 e. The number of hydrogen-bond acceptors (Lipinski definition) is 5. The van der Waals surface area contributed by atoms with Crippen LogP contribution in [0.5, 0.6) is 0 Å². The fraction of sp³-hybridized carbons (Fsp3) is 0.538. The van der Waals surface area contributed by atoms with Gasteiger partial charge in [0, 0.05) is 24.8 Å². The van der Waals surface area contributed by atoms with E-state index in [1.54, 1.807) is 14.0 Å². The van der Waals surface area contributed by atoms with Gasteiger partial charge in [-0.25, -0.2) is 13.1 Å². The van der Waals surface area contributed by atoms with E-state index in [1.165, 1.54) is 18.2 Å². The lowest BCUT2D eigenvalue weighted by Gasteiger charge is -2.14. The van der Waals surface area contributed by atoms with E-state index < -0.39 is 20.6 Å². The fourth-order valence-electron chi connectivity index (χ4n) is 1.94. The summed E-state index contributed by atoms with van der Waals surface area (Å²) in [6.45, 7) is 3.77. The van der Waals surface area contributed by atoms with Crippen LogP contribution in [0, 0.1) is 10.1 Å². The first kappa shape index (κ1) is 17.4. The summed E-state index contributed by atoms with van der Waals surface area (Å²) in [6.07, 6.45) is 2.55. The van der Waals surface area contributed by atoms with Crippen molar-refractivity contribution in [3.8, 4) is 0 Å². The van der Waals surface area contributed by atoms with Crippen molar-refractivity contribution in [2.45, 2.75) is 44.0 Å². The zero-order valence-electron chi connectivity index (χ0n) is 12.4. The van der Waals surface area contributed by atoms with Gasteiger partial charge in [0.05, 0.1) is 4.92 Å². The molecule has 0 aromatic heterocycles. The van der Waals surface area contributed by atoms with Gasteiger partial charge in [0.1, 0.15) is 0 Å². The second-order valence-corrected chi connectivity index (χ2v) is 6.54. The molecule has 0 heterocycles. The van der Waals surface area contributed by atoms with Gasteiger partial charge < -0.3 is 5.32 Å². The summed E-state index contributed by atoms with van der Waals surface area (Å²) in [5.74, 6) is 0. The summed E-state index contributed by atoms with van der Waals surface area (Å²) < 4.78 is 27.1. The van der Waals surface area contributed by atoms with E-state index in [4.69, 9.17) is 0 Å². The average Bonchev–Trinajstić information content (AvgIpc) is 2.43. The lowest BCUT2D eigenvalue weighted by atomic mass is 10.2. The highest BCUT2D eigenvalue weighted by Crippen LogP contribution is 2.27. The van der Waals surface area contributed by atoms with Crippen LogP contribution in [0.25, 0.3) is 0 Å². The molecule has 1 aromatic carbocycles. The standard InChI is InChI=1S/C13H21N3O4S/c1-4-5-6-10(2)15-21(19,20)13-8-7-11(14-3)9-12(13)16(17)18/h7-10,14-15H,4-6H2,1-3H3. The minimum Gasteiger partial charge on any atom is -0.388 e. The van der Waals surface area contributed by atoms with Crippen molar-refractivity contribution in [2.75, 3.05) is 12.4 Å². The summed E-state index contributed by atoms with van der Waals surface area (Å²) in [5.41, 5.74) is 0.0525. The first-order valence-electron chi connectivity index (χ1n) is 6.80. The number of anilines is 1. The van der Waals surface area contributed by atoms with E-state index in [2.05, 4.69) is 10.0 Å². The maximum absolute atomic E-state index is 12.3. The lowest BCUT2D eigenvalue weighted by Crippen LogP contribution is -2.32. The minimum atomic E-state index is -3.91. The van der Waals surface area contributed by atoms with Crippen molar-refractivity contribution in [3.05, 3.63) is 28.3 Å². The molecule has 21 heavy (non-hydrogen) atoms. The molecule has 0 spiro atoms. The van der Waals surface area contributed by atoms with Gasteiger partial charge >= 0.3 is 0 Å². The predicted octanol–water partition coefficient (Wildman–Crippen LogP) is 2.49. The largest absolute Gasteiger partial charge is 0.388 e. The van der Waals surface area contributed by atoms with Crippen LogP contribution in [0.4, 0.5) is 11.4 Å². The van der Waals surface area contributed by atoms with E-state index in [0.717, 1.165) is 12.8 Å². The van der Waals surface area contributed by atoms with E-state index in [1.807, 2.05) is 6.92 Å². The normalized spacial score (nSPS) is 12.9. The third kappa shape index (κ3) is 4.68. The first-order chi connectivity index (χ1) is 9.81. The molecule has 0 aliphatic heterocycles. The second kappa shape index (κ2) is 7.37. The highest BCUT2D eigenvalue weighted by atomic mass is 32.2. The maximum Gasteiger partial charge on any atom is 0.291 e. The molecule has 118 valence electrons. The number of nitrogens with one attached hydrogen (secondary N) is 2. The Labute approximate surface area is 124 Å². The number of nitro groups is 1. The first-order valence-corrected chi connectivity index (χ1v) is 8.28. The number of sulfonamides is 1. The zero-order chi connectivity index (χ0) is 16.0. The Kier molecular flexibility index (Phi) is 6.10. The van der Waals surface area contributed by atoms with Crippen LogP contribution in [-0.4, -0.2) is 26.4 Å². The average molecular weight is 315 g/mol. The molecule has 0 fully saturated rings. The summed E-state index contributed by atoms with van der Waals surface area (Å²) in [4.78, 5) is 10.1. The molecule has 1 rings (SSSR count). The van der Waals surface area contributed by atoms with Gasteiger partial charge in [0.2, 0.25) is 10.0 Å². The number of unbranched alkanes of at least 4 members (excludes halogenated alkanes) is 1. The number of benzene rings is 1. The molecule has 0 aliphatic rings. The predicted molar refractivity (Wildman–Crippen MR) is 82.0 cm³/mol. The molecule has 1 unspecified atom stereocenters. The van der Waals surface area contributed by atoms with Crippen molar-refractivity contribution in [1.82, 2.24) is 4.72 Å². The van der Waals surface area contributed by atoms with Crippen LogP contribution in [0.3, 0.4) is 0 Å². The molecule has 0 saturated heterocycles. The van der Waals surface area contributed by atoms with Crippen LogP contribution in [0.2, 0.25) is 0 Å². The monoisotopic (exact) mass is 315 g/mol. The molecule has 0 saturated carbocycles. The topological polar surface area (TPSA) is 101 Å². The van der Waals surface area contributed by atoms with Gasteiger partial charge in [-0.3, -0.25) is 10.1 Å². The number of hydrogen-bond donors (Lipinski definition) is 2. The number of rotatable bonds is 8. The quantitative estimate of drug-likeness (QED) is 0.567. The van der Waals surface area contributed by atoms with E-state index in [0.29, 0.717) is 12.1 Å². The minimum absolute atomic E-state index is 0.265. The molecule has 2 N–H and O–H groups in total. The molecular formula is C13H21N3O4S. The van der Waals surface area contributed by atoms with Crippen LogP contribution in [0.15, 0.2) is 23.1 Å². The Morgan fingerprint density at radius 1 is 1.38 bits per heavy atom. The summed E-state index contributed by atoms with van der Waals surface area (Å²) >= 11 is 0. The van der Waals surface area contributed by atoms with Crippen molar-refractivity contribution in [1.29, 1.82) is 0 Å². The number of nitro benzene ring substituents is 1. The van der Waals surface area contributed by atoms with Gasteiger partial charge in [0.25, 0.3) is 5.69 Å². The van der Waals surface area contributed by atoms with Crippen LogP contribution < -0.4 is 10.0 Å². The third-order valence-electron chi connectivity index (χ3n) is 3.08. The molecular weight excluding hydrogens is 294 g/mol. The zero-order valence-corrected chi connectivity index (χ0v) is 13.2. The molecule has 1 atom stereocenters. The summed E-state index contributed by atoms with van der Waals surface area (Å²) in [7, 11) is -2.30. The molecule has 0 aliphatic carbocycles. The summed E-state index contributed by atoms with van der Waals surface area (Å²) in [6, 6.07) is 3.70. The van der Waals surface area contributed by atoms with Crippen molar-refractivity contribution in [3.63, 3.8) is 0 Å². The highest BCUT2D eigenvalue weighted by Gasteiger charge is 2.27.